The predicted molar refractivity (Wildman–Crippen MR) is 112 cm³/mol. The van der Waals surface area contributed by atoms with Gasteiger partial charge in [-0.25, -0.2) is 0 Å². The first-order valence-electron chi connectivity index (χ1n) is 10.5. The third kappa shape index (κ3) is 13.8. The summed E-state index contributed by atoms with van der Waals surface area (Å²) >= 11 is 0. The highest BCUT2D eigenvalue weighted by atomic mass is 14.9. The molecule has 0 saturated heterocycles. The molecule has 0 aromatic rings. The molecule has 1 unspecified atom stereocenters. The van der Waals surface area contributed by atoms with Crippen molar-refractivity contribution in [3.63, 3.8) is 0 Å². The molecule has 1 heteroatoms. The van der Waals surface area contributed by atoms with Gasteiger partial charge in [-0.15, -0.1) is 13.2 Å². The van der Waals surface area contributed by atoms with Gasteiger partial charge in [0.25, 0.3) is 0 Å². The summed E-state index contributed by atoms with van der Waals surface area (Å²) in [5, 5.41) is 3.71. The van der Waals surface area contributed by atoms with Gasteiger partial charge in [0, 0.05) is 6.04 Å². The Balaban J connectivity index is 3.56. The van der Waals surface area contributed by atoms with E-state index in [1.165, 1.54) is 70.6 Å². The standard InChI is InChI=1S/C23H45N/c1-6-9-10-11-12-13-14-15-16-17-20-24-22(4)21-23(5,18-7-2)19-8-3/h7-8,22,24H,2-3,6,9-21H2,1,4-5H3. The summed E-state index contributed by atoms with van der Waals surface area (Å²) in [6.45, 7) is 15.9. The molecular weight excluding hydrogens is 290 g/mol. The largest absolute Gasteiger partial charge is 0.314 e. The summed E-state index contributed by atoms with van der Waals surface area (Å²) in [6.07, 6.45) is 21.5. The van der Waals surface area contributed by atoms with Crippen LogP contribution < -0.4 is 5.32 Å². The van der Waals surface area contributed by atoms with Crippen LogP contribution in [0.4, 0.5) is 0 Å². The van der Waals surface area contributed by atoms with Crippen LogP contribution in [0.15, 0.2) is 25.3 Å². The Kier molecular flexibility index (Phi) is 15.6. The first-order chi connectivity index (χ1) is 11.6. The number of unbranched alkanes of at least 4 members (excludes halogenated alkanes) is 9. The Morgan fingerprint density at radius 3 is 1.75 bits per heavy atom. The monoisotopic (exact) mass is 335 g/mol. The first-order valence-corrected chi connectivity index (χ1v) is 10.5. The molecule has 0 fully saturated rings. The van der Waals surface area contributed by atoms with Crippen LogP contribution >= 0.6 is 0 Å². The van der Waals surface area contributed by atoms with Crippen LogP contribution in [0, 0.1) is 5.41 Å². The number of allylic oxidation sites excluding steroid dienone is 2. The highest BCUT2D eigenvalue weighted by Crippen LogP contribution is 2.32. The number of rotatable bonds is 18. The summed E-state index contributed by atoms with van der Waals surface area (Å²) in [5.74, 6) is 0. The SMILES string of the molecule is C=CCC(C)(CC=C)CC(C)NCCCCCCCCCCCC. The number of nitrogens with one attached hydrogen (secondary N) is 1. The van der Waals surface area contributed by atoms with Gasteiger partial charge in [0.15, 0.2) is 0 Å². The average Bonchev–Trinajstić information content (AvgIpc) is 2.52. The minimum absolute atomic E-state index is 0.313. The lowest BCUT2D eigenvalue weighted by molar-refractivity contribution is 0.264. The predicted octanol–water partition coefficient (Wildman–Crippen LogP) is 7.43. The molecule has 0 saturated carbocycles. The Morgan fingerprint density at radius 2 is 1.29 bits per heavy atom. The Morgan fingerprint density at radius 1 is 0.833 bits per heavy atom. The molecule has 0 aliphatic carbocycles. The van der Waals surface area contributed by atoms with Crippen molar-refractivity contribution in [2.45, 2.75) is 110 Å². The van der Waals surface area contributed by atoms with Crippen LogP contribution in [-0.2, 0) is 0 Å². The van der Waals surface area contributed by atoms with Crippen LogP contribution in [0.3, 0.4) is 0 Å². The number of hydrogen-bond acceptors (Lipinski definition) is 1. The van der Waals surface area contributed by atoms with E-state index < -0.39 is 0 Å². The molecule has 0 aliphatic heterocycles. The second-order valence-corrected chi connectivity index (χ2v) is 8.04. The maximum absolute atomic E-state index is 3.91. The van der Waals surface area contributed by atoms with Gasteiger partial charge in [-0.3, -0.25) is 0 Å². The summed E-state index contributed by atoms with van der Waals surface area (Å²) in [5.41, 5.74) is 0.313. The van der Waals surface area contributed by atoms with E-state index in [1.54, 1.807) is 0 Å². The lowest BCUT2D eigenvalue weighted by atomic mass is 9.78. The van der Waals surface area contributed by atoms with Gasteiger partial charge >= 0.3 is 0 Å². The maximum atomic E-state index is 3.91. The summed E-state index contributed by atoms with van der Waals surface area (Å²) in [6, 6.07) is 0.577. The van der Waals surface area contributed by atoms with E-state index in [1.807, 2.05) is 0 Å². The van der Waals surface area contributed by atoms with E-state index in [0.717, 1.165) is 19.4 Å². The fourth-order valence-electron chi connectivity index (χ4n) is 3.72. The Hall–Kier alpha value is -0.560. The minimum Gasteiger partial charge on any atom is -0.314 e. The third-order valence-electron chi connectivity index (χ3n) is 5.10. The lowest BCUT2D eigenvalue weighted by Gasteiger charge is -2.30. The number of hydrogen-bond donors (Lipinski definition) is 1. The molecule has 142 valence electrons. The van der Waals surface area contributed by atoms with Gasteiger partial charge in [0.05, 0.1) is 0 Å². The van der Waals surface area contributed by atoms with Crippen LogP contribution in [-0.4, -0.2) is 12.6 Å². The summed E-state index contributed by atoms with van der Waals surface area (Å²) < 4.78 is 0. The summed E-state index contributed by atoms with van der Waals surface area (Å²) in [4.78, 5) is 0. The molecule has 0 aliphatic rings. The highest BCUT2D eigenvalue weighted by Gasteiger charge is 2.23. The van der Waals surface area contributed by atoms with Crippen LogP contribution in [0.5, 0.6) is 0 Å². The van der Waals surface area contributed by atoms with Crippen LogP contribution in [0.2, 0.25) is 0 Å². The Labute approximate surface area is 153 Å². The molecule has 1 nitrogen and oxygen atoms in total. The van der Waals surface area contributed by atoms with E-state index in [2.05, 4.69) is 51.4 Å². The summed E-state index contributed by atoms with van der Waals surface area (Å²) in [7, 11) is 0. The molecule has 0 bridgehead atoms. The molecule has 0 heterocycles. The second-order valence-electron chi connectivity index (χ2n) is 8.04. The molecule has 1 N–H and O–H groups in total. The highest BCUT2D eigenvalue weighted by molar-refractivity contribution is 4.90. The third-order valence-corrected chi connectivity index (χ3v) is 5.10. The van der Waals surface area contributed by atoms with Crippen molar-refractivity contribution >= 4 is 0 Å². The molecule has 0 amide bonds. The normalized spacial score (nSPS) is 13.0. The van der Waals surface area contributed by atoms with Crippen LogP contribution in [0.1, 0.15) is 104 Å². The second kappa shape index (κ2) is 15.9. The molecule has 0 spiro atoms. The van der Waals surface area contributed by atoms with E-state index >= 15 is 0 Å². The van der Waals surface area contributed by atoms with Crippen molar-refractivity contribution in [3.8, 4) is 0 Å². The lowest BCUT2D eigenvalue weighted by Crippen LogP contribution is -2.32. The van der Waals surface area contributed by atoms with Gasteiger partial charge in [-0.05, 0) is 44.6 Å². The van der Waals surface area contributed by atoms with Crippen LogP contribution in [0.25, 0.3) is 0 Å². The minimum atomic E-state index is 0.313. The van der Waals surface area contributed by atoms with Crippen molar-refractivity contribution in [1.29, 1.82) is 0 Å². The maximum Gasteiger partial charge on any atom is 0.00441 e. The van der Waals surface area contributed by atoms with E-state index in [0.29, 0.717) is 11.5 Å². The van der Waals surface area contributed by atoms with Crippen molar-refractivity contribution in [2.75, 3.05) is 6.54 Å². The molecule has 0 aromatic heterocycles. The van der Waals surface area contributed by atoms with Crippen molar-refractivity contribution in [3.05, 3.63) is 25.3 Å². The molecule has 24 heavy (non-hydrogen) atoms. The van der Waals surface area contributed by atoms with E-state index in [-0.39, 0.29) is 0 Å². The molecule has 0 rings (SSSR count). The van der Waals surface area contributed by atoms with Gasteiger partial charge in [-0.2, -0.15) is 0 Å². The van der Waals surface area contributed by atoms with Crippen molar-refractivity contribution in [2.24, 2.45) is 5.41 Å². The molecular formula is C23H45N. The topological polar surface area (TPSA) is 12.0 Å². The molecule has 0 aromatic carbocycles. The first kappa shape index (κ1) is 23.4. The molecule has 1 atom stereocenters. The zero-order valence-corrected chi connectivity index (χ0v) is 17.0. The average molecular weight is 336 g/mol. The zero-order chi connectivity index (χ0) is 18.1. The van der Waals surface area contributed by atoms with Gasteiger partial charge in [-0.1, -0.05) is 83.8 Å². The van der Waals surface area contributed by atoms with E-state index in [9.17, 15) is 0 Å². The molecule has 0 radical (unpaired) electrons. The quantitative estimate of drug-likeness (QED) is 0.203. The van der Waals surface area contributed by atoms with Crippen molar-refractivity contribution in [1.82, 2.24) is 5.32 Å². The Bertz CT molecular complexity index is 284. The zero-order valence-electron chi connectivity index (χ0n) is 17.0. The van der Waals surface area contributed by atoms with Crippen molar-refractivity contribution < 1.29 is 0 Å². The fraction of sp³-hybridized carbons (Fsp3) is 0.826. The smallest absolute Gasteiger partial charge is 0.00441 e. The van der Waals surface area contributed by atoms with E-state index in [4.69, 9.17) is 0 Å². The fourth-order valence-corrected chi connectivity index (χ4v) is 3.72. The van der Waals surface area contributed by atoms with Gasteiger partial charge in [0.1, 0.15) is 0 Å². The van der Waals surface area contributed by atoms with Gasteiger partial charge in [0.2, 0.25) is 0 Å². The van der Waals surface area contributed by atoms with Gasteiger partial charge < -0.3 is 5.32 Å².